The van der Waals surface area contributed by atoms with Crippen molar-refractivity contribution in [2.45, 2.75) is 37.8 Å². The Kier molecular flexibility index (Phi) is 5.05. The number of imide groups is 1. The Bertz CT molecular complexity index is 690. The highest BCUT2D eigenvalue weighted by atomic mass is 19.1. The molecule has 0 atom stereocenters. The number of halogens is 1. The molecular weight excluding hydrogens is 321 g/mol. The Hall–Kier alpha value is -2.39. The third kappa shape index (κ3) is 3.67. The van der Waals surface area contributed by atoms with Gasteiger partial charge in [-0.05, 0) is 30.5 Å². The Morgan fingerprint density at radius 3 is 2.56 bits per heavy atom. The summed E-state index contributed by atoms with van der Waals surface area (Å²) < 4.78 is 13.0. The van der Waals surface area contributed by atoms with Gasteiger partial charge in [0.25, 0.3) is 5.91 Å². The fourth-order valence-electron chi connectivity index (χ4n) is 3.63. The standard InChI is InChI=1S/C19H22FN3O2/c1-2-11-22(14-15-5-7-16(20)8-6-15)12-13-23-17(24)19(21-18(23)25)9-3-4-10-19/h1,5-8H,3-4,9-14H2,(H,21,25). The van der Waals surface area contributed by atoms with Gasteiger partial charge in [-0.1, -0.05) is 30.9 Å². The van der Waals surface area contributed by atoms with E-state index in [-0.39, 0.29) is 17.8 Å². The molecule has 1 spiro atoms. The number of nitrogens with zero attached hydrogens (tertiary/aromatic N) is 2. The molecule has 1 aromatic carbocycles. The lowest BCUT2D eigenvalue weighted by Crippen LogP contribution is -2.44. The van der Waals surface area contributed by atoms with Gasteiger partial charge in [0.05, 0.1) is 6.54 Å². The Labute approximate surface area is 147 Å². The number of nitrogens with one attached hydrogen (secondary N) is 1. The van der Waals surface area contributed by atoms with Crippen molar-refractivity contribution in [3.05, 3.63) is 35.6 Å². The summed E-state index contributed by atoms with van der Waals surface area (Å²) in [6, 6.07) is 5.92. The second-order valence-electron chi connectivity index (χ2n) is 6.72. The largest absolute Gasteiger partial charge is 0.325 e. The maximum Gasteiger partial charge on any atom is 0.325 e. The van der Waals surface area contributed by atoms with Crippen LogP contribution in [0.2, 0.25) is 0 Å². The molecule has 2 fully saturated rings. The van der Waals surface area contributed by atoms with Crippen molar-refractivity contribution < 1.29 is 14.0 Å². The first-order valence-corrected chi connectivity index (χ1v) is 8.58. The molecule has 0 aromatic heterocycles. The third-order valence-electron chi connectivity index (χ3n) is 4.98. The van der Waals surface area contributed by atoms with Crippen LogP contribution in [-0.4, -0.2) is 46.9 Å². The molecular formula is C19H22FN3O2. The lowest BCUT2D eigenvalue weighted by molar-refractivity contribution is -0.131. The minimum atomic E-state index is -0.676. The number of hydrogen-bond donors (Lipinski definition) is 1. The molecule has 3 amide bonds. The molecule has 6 heteroatoms. The van der Waals surface area contributed by atoms with E-state index < -0.39 is 5.54 Å². The van der Waals surface area contributed by atoms with E-state index in [0.29, 0.717) is 26.2 Å². The summed E-state index contributed by atoms with van der Waals surface area (Å²) in [7, 11) is 0. The molecule has 25 heavy (non-hydrogen) atoms. The van der Waals surface area contributed by atoms with Crippen LogP contribution in [-0.2, 0) is 11.3 Å². The van der Waals surface area contributed by atoms with Gasteiger partial charge in [0.15, 0.2) is 0 Å². The highest BCUT2D eigenvalue weighted by Gasteiger charge is 2.52. The quantitative estimate of drug-likeness (QED) is 0.636. The number of carbonyl (C=O) groups excluding carboxylic acids is 2. The van der Waals surface area contributed by atoms with Crippen LogP contribution in [0, 0.1) is 18.2 Å². The smallest absolute Gasteiger partial charge is 0.323 e. The van der Waals surface area contributed by atoms with E-state index in [1.807, 2.05) is 4.90 Å². The highest BCUT2D eigenvalue weighted by molar-refractivity contribution is 6.07. The van der Waals surface area contributed by atoms with E-state index in [2.05, 4.69) is 11.2 Å². The normalized spacial score (nSPS) is 18.8. The van der Waals surface area contributed by atoms with Gasteiger partial charge in [-0.25, -0.2) is 9.18 Å². The zero-order valence-electron chi connectivity index (χ0n) is 14.1. The summed E-state index contributed by atoms with van der Waals surface area (Å²) >= 11 is 0. The molecule has 132 valence electrons. The van der Waals surface area contributed by atoms with Crippen molar-refractivity contribution in [1.82, 2.24) is 15.1 Å². The topological polar surface area (TPSA) is 52.6 Å². The average Bonchev–Trinajstić information content (AvgIpc) is 3.14. The van der Waals surface area contributed by atoms with Crippen molar-refractivity contribution in [2.24, 2.45) is 0 Å². The molecule has 5 nitrogen and oxygen atoms in total. The molecule has 1 aliphatic heterocycles. The van der Waals surface area contributed by atoms with Crippen LogP contribution < -0.4 is 5.32 Å². The molecule has 1 heterocycles. The lowest BCUT2D eigenvalue weighted by atomic mass is 9.98. The first kappa shape index (κ1) is 17.4. The minimum absolute atomic E-state index is 0.113. The van der Waals surface area contributed by atoms with Crippen LogP contribution in [0.5, 0.6) is 0 Å². The van der Waals surface area contributed by atoms with E-state index in [0.717, 1.165) is 31.2 Å². The van der Waals surface area contributed by atoms with E-state index >= 15 is 0 Å². The van der Waals surface area contributed by atoms with Crippen molar-refractivity contribution in [2.75, 3.05) is 19.6 Å². The van der Waals surface area contributed by atoms with Gasteiger partial charge < -0.3 is 5.32 Å². The van der Waals surface area contributed by atoms with Crippen molar-refractivity contribution in [3.8, 4) is 12.3 Å². The monoisotopic (exact) mass is 343 g/mol. The van der Waals surface area contributed by atoms with Gasteiger partial charge >= 0.3 is 6.03 Å². The summed E-state index contributed by atoms with van der Waals surface area (Å²) in [5.74, 6) is 2.20. The third-order valence-corrected chi connectivity index (χ3v) is 4.98. The number of urea groups is 1. The number of carbonyl (C=O) groups is 2. The maximum absolute atomic E-state index is 13.0. The summed E-state index contributed by atoms with van der Waals surface area (Å²) in [6.45, 7) is 1.72. The van der Waals surface area contributed by atoms with Gasteiger partial charge in [0, 0.05) is 19.6 Å². The SMILES string of the molecule is C#CCN(CCN1C(=O)NC2(CCCC2)C1=O)Cc1ccc(F)cc1. The van der Waals surface area contributed by atoms with Crippen LogP contribution in [0.1, 0.15) is 31.2 Å². The van der Waals surface area contributed by atoms with Gasteiger partial charge in [-0.15, -0.1) is 6.42 Å². The second kappa shape index (κ2) is 7.24. The highest BCUT2D eigenvalue weighted by Crippen LogP contribution is 2.34. The first-order valence-electron chi connectivity index (χ1n) is 8.58. The van der Waals surface area contributed by atoms with E-state index in [4.69, 9.17) is 6.42 Å². The first-order chi connectivity index (χ1) is 12.0. The van der Waals surface area contributed by atoms with Crippen molar-refractivity contribution in [1.29, 1.82) is 0 Å². The molecule has 1 N–H and O–H groups in total. The molecule has 0 unspecified atom stereocenters. The lowest BCUT2D eigenvalue weighted by Gasteiger charge is -2.23. The molecule has 1 aromatic rings. The summed E-state index contributed by atoms with van der Waals surface area (Å²) in [5, 5.41) is 2.88. The fraction of sp³-hybridized carbons (Fsp3) is 0.474. The predicted octanol–water partition coefficient (Wildman–Crippen LogP) is 2.13. The van der Waals surface area contributed by atoms with Crippen LogP contribution in [0.25, 0.3) is 0 Å². The van der Waals surface area contributed by atoms with Crippen LogP contribution in [0.15, 0.2) is 24.3 Å². The molecule has 0 radical (unpaired) electrons. The van der Waals surface area contributed by atoms with Gasteiger partial charge in [-0.2, -0.15) is 0 Å². The molecule has 3 rings (SSSR count). The van der Waals surface area contributed by atoms with Crippen LogP contribution >= 0.6 is 0 Å². The number of hydrogen-bond acceptors (Lipinski definition) is 3. The zero-order chi connectivity index (χ0) is 17.9. The Balaban J connectivity index is 1.61. The molecule has 2 aliphatic rings. The van der Waals surface area contributed by atoms with Gasteiger partial charge in [-0.3, -0.25) is 14.6 Å². The van der Waals surface area contributed by atoms with Crippen LogP contribution in [0.3, 0.4) is 0 Å². The zero-order valence-corrected chi connectivity index (χ0v) is 14.1. The Morgan fingerprint density at radius 1 is 1.24 bits per heavy atom. The van der Waals surface area contributed by atoms with E-state index in [1.54, 1.807) is 12.1 Å². The molecule has 1 aliphatic carbocycles. The second-order valence-corrected chi connectivity index (χ2v) is 6.72. The van der Waals surface area contributed by atoms with E-state index in [9.17, 15) is 14.0 Å². The number of amides is 3. The summed E-state index contributed by atoms with van der Waals surface area (Å²) in [5.41, 5.74) is 0.256. The number of benzene rings is 1. The predicted molar refractivity (Wildman–Crippen MR) is 92.0 cm³/mol. The number of terminal acetylenes is 1. The average molecular weight is 343 g/mol. The van der Waals surface area contributed by atoms with Gasteiger partial charge in [0.1, 0.15) is 11.4 Å². The molecule has 1 saturated heterocycles. The molecule has 0 bridgehead atoms. The van der Waals surface area contributed by atoms with Crippen molar-refractivity contribution >= 4 is 11.9 Å². The fourth-order valence-corrected chi connectivity index (χ4v) is 3.63. The maximum atomic E-state index is 13.0. The van der Waals surface area contributed by atoms with Crippen LogP contribution in [0.4, 0.5) is 9.18 Å². The number of rotatable bonds is 6. The summed E-state index contributed by atoms with van der Waals surface area (Å²) in [4.78, 5) is 28.1. The van der Waals surface area contributed by atoms with Crippen molar-refractivity contribution in [3.63, 3.8) is 0 Å². The minimum Gasteiger partial charge on any atom is -0.323 e. The summed E-state index contributed by atoms with van der Waals surface area (Å²) in [6.07, 6.45) is 8.80. The van der Waals surface area contributed by atoms with Gasteiger partial charge in [0.2, 0.25) is 0 Å². The van der Waals surface area contributed by atoms with E-state index in [1.165, 1.54) is 17.0 Å². The molecule has 1 saturated carbocycles. The Morgan fingerprint density at radius 2 is 1.92 bits per heavy atom.